The summed E-state index contributed by atoms with van der Waals surface area (Å²) in [7, 11) is 0. The summed E-state index contributed by atoms with van der Waals surface area (Å²) in [6, 6.07) is 16.2. The molecule has 3 aromatic rings. The summed E-state index contributed by atoms with van der Waals surface area (Å²) in [6.45, 7) is -1.10. The second-order valence-electron chi connectivity index (χ2n) is 6.58. The molecule has 6 nitrogen and oxygen atoms in total. The Morgan fingerprint density at radius 2 is 1.73 bits per heavy atom. The van der Waals surface area contributed by atoms with E-state index in [9.17, 15) is 18.0 Å². The molecule has 0 aliphatic carbocycles. The van der Waals surface area contributed by atoms with Crippen LogP contribution in [0.3, 0.4) is 0 Å². The molecule has 2 aromatic carbocycles. The van der Waals surface area contributed by atoms with Crippen molar-refractivity contribution in [2.24, 2.45) is 0 Å². The van der Waals surface area contributed by atoms with E-state index in [4.69, 9.17) is 4.52 Å². The van der Waals surface area contributed by atoms with Crippen molar-refractivity contribution in [3.8, 4) is 11.4 Å². The van der Waals surface area contributed by atoms with Crippen LogP contribution in [0.25, 0.3) is 11.4 Å². The van der Waals surface area contributed by atoms with Gasteiger partial charge in [0.15, 0.2) is 0 Å². The molecular formula is C21H20F3N3O3. The minimum Gasteiger partial charge on any atom is -0.367 e. The van der Waals surface area contributed by atoms with Crippen molar-refractivity contribution in [1.82, 2.24) is 15.5 Å². The molecule has 0 saturated carbocycles. The predicted octanol–water partition coefficient (Wildman–Crippen LogP) is 4.06. The van der Waals surface area contributed by atoms with E-state index in [-0.39, 0.29) is 18.9 Å². The molecule has 158 valence electrons. The molecule has 9 heteroatoms. The standard InChI is InChI=1S/C21H20F3N3O3/c22-21(23,24)14-29-13-16-8-6-15(7-9-16)12-25-18(28)10-11-19-26-20(27-30-19)17-4-2-1-3-5-17/h1-9H,10-14H2,(H,25,28). The van der Waals surface area contributed by atoms with Crippen LogP contribution >= 0.6 is 0 Å². The first-order valence-corrected chi connectivity index (χ1v) is 9.26. The number of carbonyl (C=O) groups is 1. The summed E-state index contributed by atoms with van der Waals surface area (Å²) in [6.07, 6.45) is -3.82. The van der Waals surface area contributed by atoms with Gasteiger partial charge in [-0.05, 0) is 11.1 Å². The Balaban J connectivity index is 1.39. The maximum atomic E-state index is 12.1. The Bertz CT molecular complexity index is 941. The Hall–Kier alpha value is -3.20. The van der Waals surface area contributed by atoms with Crippen LogP contribution in [0.1, 0.15) is 23.4 Å². The highest BCUT2D eigenvalue weighted by Gasteiger charge is 2.27. The van der Waals surface area contributed by atoms with Crippen molar-refractivity contribution in [1.29, 1.82) is 0 Å². The first kappa shape index (κ1) is 21.5. The zero-order chi connectivity index (χ0) is 21.4. The van der Waals surface area contributed by atoms with E-state index in [1.165, 1.54) is 0 Å². The second-order valence-corrected chi connectivity index (χ2v) is 6.58. The summed E-state index contributed by atoms with van der Waals surface area (Å²) in [4.78, 5) is 16.3. The van der Waals surface area contributed by atoms with Gasteiger partial charge in [-0.3, -0.25) is 4.79 Å². The maximum Gasteiger partial charge on any atom is 0.411 e. The van der Waals surface area contributed by atoms with Crippen LogP contribution in [-0.4, -0.2) is 28.8 Å². The van der Waals surface area contributed by atoms with Gasteiger partial charge in [0.1, 0.15) is 6.61 Å². The van der Waals surface area contributed by atoms with Gasteiger partial charge in [-0.1, -0.05) is 59.8 Å². The fourth-order valence-corrected chi connectivity index (χ4v) is 2.61. The lowest BCUT2D eigenvalue weighted by molar-refractivity contribution is -0.176. The molecule has 0 unspecified atom stereocenters. The Morgan fingerprint density at radius 1 is 1.03 bits per heavy atom. The first-order chi connectivity index (χ1) is 14.4. The molecule has 0 bridgehead atoms. The van der Waals surface area contributed by atoms with Crippen LogP contribution in [-0.2, 0) is 29.1 Å². The molecule has 0 spiro atoms. The number of halogens is 3. The lowest BCUT2D eigenvalue weighted by Gasteiger charge is -2.08. The van der Waals surface area contributed by atoms with Crippen molar-refractivity contribution in [2.45, 2.75) is 32.2 Å². The average molecular weight is 419 g/mol. The molecule has 0 radical (unpaired) electrons. The molecule has 0 aliphatic heterocycles. The lowest BCUT2D eigenvalue weighted by Crippen LogP contribution is -2.23. The number of ether oxygens (including phenoxy) is 1. The van der Waals surface area contributed by atoms with Crippen LogP contribution in [0.5, 0.6) is 0 Å². The van der Waals surface area contributed by atoms with Gasteiger partial charge in [-0.25, -0.2) is 0 Å². The van der Waals surface area contributed by atoms with E-state index in [0.717, 1.165) is 11.1 Å². The zero-order valence-corrected chi connectivity index (χ0v) is 16.0. The second kappa shape index (κ2) is 10.0. The molecule has 0 saturated heterocycles. The van der Waals surface area contributed by atoms with Crippen LogP contribution in [0.4, 0.5) is 13.2 Å². The number of hydrogen-bond donors (Lipinski definition) is 1. The summed E-state index contributed by atoms with van der Waals surface area (Å²) in [5, 5.41) is 6.69. The number of alkyl halides is 3. The highest BCUT2D eigenvalue weighted by atomic mass is 19.4. The molecule has 0 atom stereocenters. The van der Waals surface area contributed by atoms with Crippen LogP contribution in [0.2, 0.25) is 0 Å². The van der Waals surface area contributed by atoms with Crippen LogP contribution in [0.15, 0.2) is 59.1 Å². The van der Waals surface area contributed by atoms with Gasteiger partial charge in [0.25, 0.3) is 0 Å². The predicted molar refractivity (Wildman–Crippen MR) is 102 cm³/mol. The van der Waals surface area contributed by atoms with Crippen molar-refractivity contribution in [3.63, 3.8) is 0 Å². The number of carbonyl (C=O) groups excluding carboxylic acids is 1. The smallest absolute Gasteiger partial charge is 0.367 e. The van der Waals surface area contributed by atoms with Gasteiger partial charge in [0.2, 0.25) is 17.6 Å². The first-order valence-electron chi connectivity index (χ1n) is 9.26. The largest absolute Gasteiger partial charge is 0.411 e. The SMILES string of the molecule is O=C(CCc1nc(-c2ccccc2)no1)NCc1ccc(COCC(F)(F)F)cc1. The van der Waals surface area contributed by atoms with Gasteiger partial charge < -0.3 is 14.6 Å². The van der Waals surface area contributed by atoms with Crippen LogP contribution < -0.4 is 5.32 Å². The van der Waals surface area contributed by atoms with Gasteiger partial charge in [-0.15, -0.1) is 0 Å². The van der Waals surface area contributed by atoms with Crippen molar-refractivity contribution in [3.05, 3.63) is 71.6 Å². The number of aryl methyl sites for hydroxylation is 1. The minimum atomic E-state index is -4.34. The molecule has 30 heavy (non-hydrogen) atoms. The van der Waals surface area contributed by atoms with Gasteiger partial charge in [0, 0.05) is 24.9 Å². The number of aromatic nitrogens is 2. The average Bonchev–Trinajstić information content (AvgIpc) is 3.20. The van der Waals surface area contributed by atoms with E-state index in [2.05, 4.69) is 20.2 Å². The lowest BCUT2D eigenvalue weighted by atomic mass is 10.1. The molecule has 0 aliphatic rings. The molecule has 1 amide bonds. The molecular weight excluding hydrogens is 399 g/mol. The molecule has 0 fully saturated rings. The molecule has 1 aromatic heterocycles. The van der Waals surface area contributed by atoms with Crippen molar-refractivity contribution < 1.29 is 27.2 Å². The normalized spacial score (nSPS) is 11.4. The minimum absolute atomic E-state index is 0.124. The number of rotatable bonds is 9. The van der Waals surface area contributed by atoms with E-state index in [1.54, 1.807) is 24.3 Å². The third kappa shape index (κ3) is 7.00. The van der Waals surface area contributed by atoms with E-state index in [0.29, 0.717) is 30.2 Å². The van der Waals surface area contributed by atoms with E-state index in [1.807, 2.05) is 30.3 Å². The summed E-state index contributed by atoms with van der Waals surface area (Å²) >= 11 is 0. The van der Waals surface area contributed by atoms with Crippen LogP contribution in [0, 0.1) is 0 Å². The highest BCUT2D eigenvalue weighted by molar-refractivity contribution is 5.76. The number of nitrogens with one attached hydrogen (secondary N) is 1. The van der Waals surface area contributed by atoms with E-state index < -0.39 is 12.8 Å². The maximum absolute atomic E-state index is 12.1. The topological polar surface area (TPSA) is 77.2 Å². The summed E-state index contributed by atoms with van der Waals surface area (Å²) in [5.74, 6) is 0.685. The quantitative estimate of drug-likeness (QED) is 0.566. The number of amides is 1. The fourth-order valence-electron chi connectivity index (χ4n) is 2.61. The van der Waals surface area contributed by atoms with Gasteiger partial charge in [0.05, 0.1) is 6.61 Å². The number of nitrogens with zero attached hydrogens (tertiary/aromatic N) is 2. The number of hydrogen-bond acceptors (Lipinski definition) is 5. The third-order valence-corrected chi connectivity index (χ3v) is 4.11. The zero-order valence-electron chi connectivity index (χ0n) is 16.0. The van der Waals surface area contributed by atoms with Gasteiger partial charge >= 0.3 is 6.18 Å². The molecule has 1 heterocycles. The summed E-state index contributed by atoms with van der Waals surface area (Å²) < 4.78 is 46.0. The highest BCUT2D eigenvalue weighted by Crippen LogP contribution is 2.16. The van der Waals surface area contributed by atoms with E-state index >= 15 is 0 Å². The van der Waals surface area contributed by atoms with Crippen molar-refractivity contribution in [2.75, 3.05) is 6.61 Å². The molecule has 1 N–H and O–H groups in total. The Kier molecular flexibility index (Phi) is 7.18. The Labute approximate surface area is 171 Å². The third-order valence-electron chi connectivity index (χ3n) is 4.11. The molecule has 3 rings (SSSR count). The monoisotopic (exact) mass is 419 g/mol. The Morgan fingerprint density at radius 3 is 2.43 bits per heavy atom. The fraction of sp³-hybridized carbons (Fsp3) is 0.286. The van der Waals surface area contributed by atoms with Gasteiger partial charge in [-0.2, -0.15) is 18.2 Å². The summed E-state index contributed by atoms with van der Waals surface area (Å²) in [5.41, 5.74) is 2.29. The number of benzene rings is 2. The van der Waals surface area contributed by atoms with Crippen molar-refractivity contribution >= 4 is 5.91 Å².